The summed E-state index contributed by atoms with van der Waals surface area (Å²) in [5.74, 6) is 0.591. The van der Waals surface area contributed by atoms with Gasteiger partial charge in [-0.05, 0) is 55.2 Å². The van der Waals surface area contributed by atoms with E-state index in [0.717, 1.165) is 29.7 Å². The van der Waals surface area contributed by atoms with E-state index < -0.39 is 5.66 Å². The topological polar surface area (TPSA) is 24.1 Å². The predicted octanol–water partition coefficient (Wildman–Crippen LogP) is 6.09. The van der Waals surface area contributed by atoms with Crippen molar-refractivity contribution in [3.8, 4) is 0 Å². The van der Waals surface area contributed by atoms with Gasteiger partial charge < -0.3 is 10.6 Å². The maximum absolute atomic E-state index is 4.31. The van der Waals surface area contributed by atoms with E-state index in [2.05, 4.69) is 82.4 Å². The quantitative estimate of drug-likeness (QED) is 0.466. The van der Waals surface area contributed by atoms with Gasteiger partial charge in [-0.2, -0.15) is 0 Å². The highest BCUT2D eigenvalue weighted by Gasteiger charge is 2.29. The van der Waals surface area contributed by atoms with Crippen molar-refractivity contribution in [2.45, 2.75) is 46.2 Å². The van der Waals surface area contributed by atoms with Crippen LogP contribution in [0, 0.1) is 5.92 Å². The van der Waals surface area contributed by atoms with Crippen molar-refractivity contribution in [1.29, 1.82) is 0 Å². The number of rotatable bonds is 10. The summed E-state index contributed by atoms with van der Waals surface area (Å²) >= 11 is 0. The van der Waals surface area contributed by atoms with E-state index in [0.29, 0.717) is 5.92 Å². The van der Waals surface area contributed by atoms with Crippen molar-refractivity contribution in [3.63, 3.8) is 0 Å². The molecule has 1 heterocycles. The summed E-state index contributed by atoms with van der Waals surface area (Å²) in [6.07, 6.45) is 20.0. The van der Waals surface area contributed by atoms with Gasteiger partial charge in [0, 0.05) is 5.70 Å². The maximum atomic E-state index is 4.31. The van der Waals surface area contributed by atoms with E-state index in [-0.39, 0.29) is 0 Å². The third-order valence-electron chi connectivity index (χ3n) is 4.91. The monoisotopic (exact) mass is 350 g/mol. The first-order valence-electron chi connectivity index (χ1n) is 9.36. The van der Waals surface area contributed by atoms with Crippen molar-refractivity contribution in [1.82, 2.24) is 10.6 Å². The lowest BCUT2D eigenvalue weighted by molar-refractivity contribution is 0.458. The number of allylic oxidation sites excluding steroid dienone is 9. The molecular formula is C24H34N2. The third kappa shape index (κ3) is 5.52. The molecule has 2 N–H and O–H groups in total. The Labute approximate surface area is 160 Å². The summed E-state index contributed by atoms with van der Waals surface area (Å²) in [6.45, 7) is 20.8. The van der Waals surface area contributed by atoms with Crippen LogP contribution >= 0.6 is 0 Å². The Morgan fingerprint density at radius 3 is 2.42 bits per heavy atom. The minimum absolute atomic E-state index is 0.564. The first-order valence-corrected chi connectivity index (χ1v) is 9.36. The Kier molecular flexibility index (Phi) is 8.71. The largest absolute Gasteiger partial charge is 0.362 e. The zero-order valence-corrected chi connectivity index (χ0v) is 16.8. The highest BCUT2D eigenvalue weighted by atomic mass is 15.2. The fraction of sp³-hybridized carbons (Fsp3) is 0.333. The van der Waals surface area contributed by atoms with Gasteiger partial charge in [0.25, 0.3) is 0 Å². The lowest BCUT2D eigenvalue weighted by Crippen LogP contribution is -2.54. The van der Waals surface area contributed by atoms with Gasteiger partial charge in [-0.25, -0.2) is 0 Å². The second kappa shape index (κ2) is 10.5. The fourth-order valence-electron chi connectivity index (χ4n) is 2.71. The summed E-state index contributed by atoms with van der Waals surface area (Å²) in [7, 11) is 0. The first-order chi connectivity index (χ1) is 12.4. The average molecular weight is 351 g/mol. The predicted molar refractivity (Wildman–Crippen MR) is 116 cm³/mol. The molecule has 0 bridgehead atoms. The van der Waals surface area contributed by atoms with Crippen LogP contribution < -0.4 is 10.6 Å². The molecular weight excluding hydrogens is 316 g/mol. The van der Waals surface area contributed by atoms with Crippen LogP contribution in [0.3, 0.4) is 0 Å². The van der Waals surface area contributed by atoms with Crippen molar-refractivity contribution >= 4 is 0 Å². The van der Waals surface area contributed by atoms with Crippen LogP contribution in [0.4, 0.5) is 0 Å². The molecule has 1 aliphatic rings. The Bertz CT molecular complexity index is 660. The highest BCUT2D eigenvalue weighted by Crippen LogP contribution is 2.23. The van der Waals surface area contributed by atoms with Crippen molar-refractivity contribution in [3.05, 3.63) is 97.0 Å². The molecule has 0 amide bonds. The van der Waals surface area contributed by atoms with Gasteiger partial charge in [-0.15, -0.1) is 0 Å². The highest BCUT2D eigenvalue weighted by molar-refractivity contribution is 5.42. The minimum Gasteiger partial charge on any atom is -0.362 e. The Morgan fingerprint density at radius 2 is 1.92 bits per heavy atom. The second-order valence-corrected chi connectivity index (χ2v) is 6.60. The van der Waals surface area contributed by atoms with E-state index in [1.54, 1.807) is 0 Å². The zero-order chi connectivity index (χ0) is 19.6. The van der Waals surface area contributed by atoms with Crippen molar-refractivity contribution in [2.75, 3.05) is 0 Å². The minimum atomic E-state index is -0.564. The third-order valence-corrected chi connectivity index (χ3v) is 4.91. The summed E-state index contributed by atoms with van der Waals surface area (Å²) in [5, 5.41) is 7.03. The SMILES string of the molecule is C=CC(C=C)=C(CC)NC1(C(=C)/C=C\C=C(/C)C(C)CC)C=CC=CN1. The summed E-state index contributed by atoms with van der Waals surface area (Å²) in [4.78, 5) is 0. The van der Waals surface area contributed by atoms with Gasteiger partial charge in [0.2, 0.25) is 0 Å². The molecule has 0 fully saturated rings. The van der Waals surface area contributed by atoms with Gasteiger partial charge in [-0.3, -0.25) is 0 Å². The molecule has 2 unspecified atom stereocenters. The molecule has 0 radical (unpaired) electrons. The van der Waals surface area contributed by atoms with Crippen LogP contribution in [0.2, 0.25) is 0 Å². The summed E-state index contributed by atoms with van der Waals surface area (Å²) < 4.78 is 0. The smallest absolute Gasteiger partial charge is 0.153 e. The second-order valence-electron chi connectivity index (χ2n) is 6.60. The molecule has 0 aliphatic carbocycles. The molecule has 1 rings (SSSR count). The molecule has 0 aromatic heterocycles. The molecule has 1 aliphatic heterocycles. The molecule has 0 saturated heterocycles. The molecule has 140 valence electrons. The van der Waals surface area contributed by atoms with Crippen LogP contribution in [0.5, 0.6) is 0 Å². The van der Waals surface area contributed by atoms with Crippen LogP contribution in [0.1, 0.15) is 40.5 Å². The van der Waals surface area contributed by atoms with Gasteiger partial charge in [0.15, 0.2) is 5.66 Å². The Hall–Kier alpha value is -2.48. The van der Waals surface area contributed by atoms with E-state index in [9.17, 15) is 0 Å². The maximum Gasteiger partial charge on any atom is 0.153 e. The first kappa shape index (κ1) is 21.6. The van der Waals surface area contributed by atoms with Gasteiger partial charge >= 0.3 is 0 Å². The Morgan fingerprint density at radius 1 is 1.23 bits per heavy atom. The fourth-order valence-corrected chi connectivity index (χ4v) is 2.71. The average Bonchev–Trinajstić information content (AvgIpc) is 2.67. The van der Waals surface area contributed by atoms with Crippen LogP contribution in [-0.2, 0) is 0 Å². The van der Waals surface area contributed by atoms with E-state index in [1.165, 1.54) is 5.57 Å². The number of hydrogen-bond acceptors (Lipinski definition) is 2. The molecule has 2 nitrogen and oxygen atoms in total. The van der Waals surface area contributed by atoms with E-state index >= 15 is 0 Å². The molecule has 0 aromatic rings. The number of hydrogen-bond donors (Lipinski definition) is 2. The Balaban J connectivity index is 3.13. The van der Waals surface area contributed by atoms with Gasteiger partial charge in [0.05, 0.1) is 0 Å². The zero-order valence-electron chi connectivity index (χ0n) is 16.8. The van der Waals surface area contributed by atoms with Crippen LogP contribution in [0.15, 0.2) is 97.0 Å². The molecule has 0 saturated carbocycles. The molecule has 2 heteroatoms. The molecule has 2 atom stereocenters. The summed E-state index contributed by atoms with van der Waals surface area (Å²) in [6, 6.07) is 0. The standard InChI is InChI=1S/C24H34N2/c1-8-19(5)20(6)15-14-16-21(7)24(17-12-13-18-25-24)26-23(11-4)22(9-2)10-3/h9-10,12-19,25-26H,2-3,7-8,11H2,1,4-6H3/b16-14-,20-15+. The van der Waals surface area contributed by atoms with Crippen LogP contribution in [-0.4, -0.2) is 5.66 Å². The van der Waals surface area contributed by atoms with Crippen molar-refractivity contribution < 1.29 is 0 Å². The molecule has 0 aromatic carbocycles. The molecule has 26 heavy (non-hydrogen) atoms. The van der Waals surface area contributed by atoms with E-state index in [1.807, 2.05) is 30.5 Å². The van der Waals surface area contributed by atoms with Gasteiger partial charge in [-0.1, -0.05) is 82.5 Å². The van der Waals surface area contributed by atoms with Crippen LogP contribution in [0.25, 0.3) is 0 Å². The van der Waals surface area contributed by atoms with E-state index in [4.69, 9.17) is 0 Å². The lowest BCUT2D eigenvalue weighted by atomic mass is 9.95. The van der Waals surface area contributed by atoms with Gasteiger partial charge in [0.1, 0.15) is 0 Å². The lowest BCUT2D eigenvalue weighted by Gasteiger charge is -2.37. The normalized spacial score (nSPS) is 20.4. The van der Waals surface area contributed by atoms with Crippen molar-refractivity contribution in [2.24, 2.45) is 5.92 Å². The number of nitrogens with one attached hydrogen (secondary N) is 2. The number of dihydropyridines is 1. The summed E-state index contributed by atoms with van der Waals surface area (Å²) in [5.41, 5.74) is 3.82. The molecule has 0 spiro atoms.